The van der Waals surface area contributed by atoms with E-state index in [9.17, 15) is 31.1 Å². The van der Waals surface area contributed by atoms with Gasteiger partial charge in [-0.25, -0.2) is 4.79 Å². The second kappa shape index (κ2) is 6.55. The Kier molecular flexibility index (Phi) is 4.70. The predicted molar refractivity (Wildman–Crippen MR) is 76.3 cm³/mol. The Hall–Kier alpha value is -2.13. The molecule has 0 radical (unpaired) electrons. The molecular weight excluding hydrogens is 368 g/mol. The smallest absolute Gasteiger partial charge is 0.434 e. The van der Waals surface area contributed by atoms with Crippen molar-refractivity contribution in [2.75, 3.05) is 6.61 Å². The van der Waals surface area contributed by atoms with Crippen LogP contribution in [0.3, 0.4) is 0 Å². The zero-order chi connectivity index (χ0) is 19.1. The number of amides is 1. The van der Waals surface area contributed by atoms with Crippen molar-refractivity contribution in [3.8, 4) is 5.75 Å². The largest absolute Gasteiger partial charge is 0.493 e. The summed E-state index contributed by atoms with van der Waals surface area (Å²) in [6, 6.07) is 4.93. The molecule has 1 amide bonds. The van der Waals surface area contributed by atoms with Gasteiger partial charge in [-0.2, -0.15) is 26.3 Å². The summed E-state index contributed by atoms with van der Waals surface area (Å²) in [6.07, 6.45) is -15.1. The fourth-order valence-corrected chi connectivity index (χ4v) is 2.58. The Balaban J connectivity index is 1.63. The third-order valence-electron chi connectivity index (χ3n) is 4.15. The van der Waals surface area contributed by atoms with Crippen LogP contribution in [0.25, 0.3) is 0 Å². The second-order valence-corrected chi connectivity index (χ2v) is 6.39. The molecule has 1 aromatic rings. The first kappa shape index (κ1) is 18.7. The average Bonchev–Trinajstić information content (AvgIpc) is 3.25. The molecule has 0 saturated heterocycles. The minimum absolute atomic E-state index is 0.125. The third kappa shape index (κ3) is 4.34. The zero-order valence-corrected chi connectivity index (χ0v) is 13.4. The quantitative estimate of drug-likeness (QED) is 0.723. The maximum Gasteiger partial charge on any atom is 0.434 e. The summed E-state index contributed by atoms with van der Waals surface area (Å²) in [4.78, 5) is 12.6. The van der Waals surface area contributed by atoms with E-state index in [2.05, 4.69) is 4.74 Å². The van der Waals surface area contributed by atoms with Crippen LogP contribution in [0, 0.1) is 5.92 Å². The molecular formula is C16H15F6NO3. The second-order valence-electron chi connectivity index (χ2n) is 6.39. The van der Waals surface area contributed by atoms with E-state index >= 15 is 0 Å². The summed E-state index contributed by atoms with van der Waals surface area (Å²) >= 11 is 0. The van der Waals surface area contributed by atoms with E-state index in [1.807, 2.05) is 0 Å². The Morgan fingerprint density at radius 1 is 1.08 bits per heavy atom. The molecule has 144 valence electrons. The number of ether oxygens (including phenoxy) is 2. The topological polar surface area (TPSA) is 38.8 Å². The minimum Gasteiger partial charge on any atom is -0.493 e. The molecule has 1 fully saturated rings. The van der Waals surface area contributed by atoms with Crippen molar-refractivity contribution in [1.82, 2.24) is 4.90 Å². The number of benzene rings is 1. The number of rotatable bonds is 4. The van der Waals surface area contributed by atoms with Crippen LogP contribution in [-0.2, 0) is 17.8 Å². The summed E-state index contributed by atoms with van der Waals surface area (Å²) < 4.78 is 84.3. The summed E-state index contributed by atoms with van der Waals surface area (Å²) in [5, 5.41) is 0. The molecule has 1 aromatic carbocycles. The highest BCUT2D eigenvalue weighted by Crippen LogP contribution is 2.37. The number of alkyl halides is 6. The molecule has 26 heavy (non-hydrogen) atoms. The van der Waals surface area contributed by atoms with Gasteiger partial charge >= 0.3 is 18.4 Å². The minimum atomic E-state index is -5.73. The Morgan fingerprint density at radius 3 is 2.27 bits per heavy atom. The van der Waals surface area contributed by atoms with Crippen molar-refractivity contribution >= 4 is 6.09 Å². The molecule has 0 N–H and O–H groups in total. The molecule has 1 aliphatic carbocycles. The first-order chi connectivity index (χ1) is 12.0. The number of fused-ring (bicyclic) bond motifs is 1. The normalized spacial score (nSPS) is 17.4. The van der Waals surface area contributed by atoms with Gasteiger partial charge in [-0.3, -0.25) is 4.90 Å². The number of hydrogen-bond donors (Lipinski definition) is 0. The lowest BCUT2D eigenvalue weighted by atomic mass is 10.1. The van der Waals surface area contributed by atoms with Crippen LogP contribution in [0.4, 0.5) is 31.1 Å². The van der Waals surface area contributed by atoms with Crippen LogP contribution in [-0.4, -0.2) is 36.1 Å². The first-order valence-electron chi connectivity index (χ1n) is 7.87. The van der Waals surface area contributed by atoms with Crippen molar-refractivity contribution in [3.63, 3.8) is 0 Å². The molecule has 0 atom stereocenters. The van der Waals surface area contributed by atoms with Crippen molar-refractivity contribution in [2.24, 2.45) is 5.92 Å². The van der Waals surface area contributed by atoms with Crippen molar-refractivity contribution in [1.29, 1.82) is 0 Å². The van der Waals surface area contributed by atoms with E-state index in [-0.39, 0.29) is 13.1 Å². The lowest BCUT2D eigenvalue weighted by molar-refractivity contribution is -0.308. The predicted octanol–water partition coefficient (Wildman–Crippen LogP) is 4.42. The molecule has 1 heterocycles. The van der Waals surface area contributed by atoms with Crippen LogP contribution in [0.2, 0.25) is 0 Å². The van der Waals surface area contributed by atoms with E-state index in [0.29, 0.717) is 29.4 Å². The highest BCUT2D eigenvalue weighted by atomic mass is 19.4. The highest BCUT2D eigenvalue weighted by molar-refractivity contribution is 5.69. The van der Waals surface area contributed by atoms with Gasteiger partial charge in [0.1, 0.15) is 5.75 Å². The maximum atomic E-state index is 12.5. The summed E-state index contributed by atoms with van der Waals surface area (Å²) in [7, 11) is 0. The van der Waals surface area contributed by atoms with E-state index in [1.165, 1.54) is 0 Å². The molecule has 0 aromatic heterocycles. The highest BCUT2D eigenvalue weighted by Gasteiger charge is 2.60. The summed E-state index contributed by atoms with van der Waals surface area (Å²) in [5.74, 6) is 1.07. The Bertz CT molecular complexity index is 670. The Labute approximate surface area is 144 Å². The summed E-state index contributed by atoms with van der Waals surface area (Å²) in [6.45, 7) is 0.292. The van der Waals surface area contributed by atoms with Gasteiger partial charge in [0.15, 0.2) is 0 Å². The first-order valence-corrected chi connectivity index (χ1v) is 7.87. The number of halogens is 6. The Morgan fingerprint density at radius 2 is 1.69 bits per heavy atom. The molecule has 10 heteroatoms. The van der Waals surface area contributed by atoms with E-state index in [0.717, 1.165) is 17.7 Å². The van der Waals surface area contributed by atoms with Crippen LogP contribution in [0.1, 0.15) is 24.0 Å². The third-order valence-corrected chi connectivity index (χ3v) is 4.15. The molecule has 4 nitrogen and oxygen atoms in total. The molecule has 2 aliphatic rings. The van der Waals surface area contributed by atoms with Gasteiger partial charge < -0.3 is 9.47 Å². The number of carbonyl (C=O) groups is 1. The van der Waals surface area contributed by atoms with Crippen LogP contribution >= 0.6 is 0 Å². The monoisotopic (exact) mass is 383 g/mol. The van der Waals surface area contributed by atoms with Gasteiger partial charge in [-0.05, 0) is 42.0 Å². The lowest BCUT2D eigenvalue weighted by Gasteiger charge is -2.25. The van der Waals surface area contributed by atoms with Crippen molar-refractivity contribution in [3.05, 3.63) is 29.3 Å². The van der Waals surface area contributed by atoms with E-state index < -0.39 is 24.5 Å². The number of carbonyl (C=O) groups excluding carboxylic acids is 1. The molecule has 0 spiro atoms. The van der Waals surface area contributed by atoms with Gasteiger partial charge in [0, 0.05) is 13.1 Å². The van der Waals surface area contributed by atoms with Crippen molar-refractivity contribution in [2.45, 2.75) is 44.4 Å². The fraction of sp³-hybridized carbons (Fsp3) is 0.562. The SMILES string of the molecule is O=C(OC(C(F)(F)F)C(F)(F)F)N1Cc2ccc(OCC3CC3)cc2C1. The number of nitrogens with zero attached hydrogens (tertiary/aromatic N) is 1. The summed E-state index contributed by atoms with van der Waals surface area (Å²) in [5.41, 5.74) is 1.22. The molecule has 1 saturated carbocycles. The maximum absolute atomic E-state index is 12.5. The fourth-order valence-electron chi connectivity index (χ4n) is 2.58. The van der Waals surface area contributed by atoms with E-state index in [4.69, 9.17) is 4.74 Å². The molecule has 3 rings (SSSR count). The average molecular weight is 383 g/mol. The molecule has 1 aliphatic heterocycles. The van der Waals surface area contributed by atoms with Gasteiger partial charge in [0.2, 0.25) is 0 Å². The van der Waals surface area contributed by atoms with E-state index in [1.54, 1.807) is 18.2 Å². The number of hydrogen-bond acceptors (Lipinski definition) is 3. The van der Waals surface area contributed by atoms with Gasteiger partial charge in [-0.15, -0.1) is 0 Å². The van der Waals surface area contributed by atoms with Gasteiger partial charge in [-0.1, -0.05) is 6.07 Å². The zero-order valence-electron chi connectivity index (χ0n) is 13.4. The van der Waals surface area contributed by atoms with Gasteiger partial charge in [0.05, 0.1) is 6.61 Å². The van der Waals surface area contributed by atoms with Crippen LogP contribution in [0.15, 0.2) is 18.2 Å². The molecule has 0 bridgehead atoms. The lowest BCUT2D eigenvalue weighted by Crippen LogP contribution is -2.47. The molecule has 0 unspecified atom stereocenters. The van der Waals surface area contributed by atoms with Gasteiger partial charge in [0.25, 0.3) is 6.10 Å². The van der Waals surface area contributed by atoms with Crippen LogP contribution in [0.5, 0.6) is 5.75 Å². The standard InChI is InChI=1S/C16H15F6NO3/c17-15(18,19)13(16(20,21)22)26-14(24)23-6-10-3-4-12(5-11(10)7-23)25-8-9-1-2-9/h3-5,9,13H,1-2,6-8H2. The van der Waals surface area contributed by atoms with Crippen LogP contribution < -0.4 is 4.74 Å². The van der Waals surface area contributed by atoms with Crippen molar-refractivity contribution < 1.29 is 40.6 Å².